The molecule has 1 aromatic heterocycles. The summed E-state index contributed by atoms with van der Waals surface area (Å²) in [5.41, 5.74) is 3.00. The maximum Gasteiger partial charge on any atom is 0.239 e. The number of nitriles is 1. The van der Waals surface area contributed by atoms with Crippen LogP contribution in [0.15, 0.2) is 28.5 Å². The van der Waals surface area contributed by atoms with Gasteiger partial charge in [-0.2, -0.15) is 5.26 Å². The van der Waals surface area contributed by atoms with Crippen LogP contribution in [0.5, 0.6) is 0 Å². The lowest BCUT2D eigenvalue weighted by Crippen LogP contribution is -2.16. The maximum absolute atomic E-state index is 12.4. The molecule has 5 nitrogen and oxygen atoms in total. The average molecular weight is 334 g/mol. The second-order valence-electron chi connectivity index (χ2n) is 4.96. The van der Waals surface area contributed by atoms with Crippen LogP contribution in [0, 0.1) is 25.2 Å². The van der Waals surface area contributed by atoms with E-state index in [0.29, 0.717) is 5.56 Å². The third kappa shape index (κ3) is 3.25. The smallest absolute Gasteiger partial charge is 0.239 e. The fourth-order valence-electron chi connectivity index (χ4n) is 2.30. The van der Waals surface area contributed by atoms with E-state index in [4.69, 9.17) is 10.4 Å². The number of benzene rings is 1. The number of primary sulfonamides is 1. The Balaban J connectivity index is 2.40. The van der Waals surface area contributed by atoms with Crippen molar-refractivity contribution in [2.75, 3.05) is 0 Å². The number of aryl methyl sites for hydroxylation is 2. The van der Waals surface area contributed by atoms with Crippen molar-refractivity contribution in [3.05, 3.63) is 50.7 Å². The zero-order valence-electron chi connectivity index (χ0n) is 12.1. The molecule has 1 heterocycles. The van der Waals surface area contributed by atoms with Gasteiger partial charge >= 0.3 is 0 Å². The lowest BCUT2D eigenvalue weighted by Gasteiger charge is -2.10. The maximum atomic E-state index is 12.4. The highest BCUT2D eigenvalue weighted by Gasteiger charge is 2.22. The lowest BCUT2D eigenvalue weighted by molar-refractivity contribution is 0.0993. The van der Waals surface area contributed by atoms with Crippen LogP contribution in [-0.2, 0) is 16.4 Å². The van der Waals surface area contributed by atoms with Gasteiger partial charge in [-0.1, -0.05) is 0 Å². The first-order valence-electron chi connectivity index (χ1n) is 6.37. The number of thiophene rings is 1. The molecule has 0 saturated heterocycles. The molecule has 22 heavy (non-hydrogen) atoms. The van der Waals surface area contributed by atoms with Gasteiger partial charge in [0.05, 0.1) is 16.5 Å². The zero-order valence-corrected chi connectivity index (χ0v) is 13.7. The van der Waals surface area contributed by atoms with Crippen molar-refractivity contribution < 1.29 is 13.2 Å². The molecule has 0 saturated carbocycles. The number of hydrogen-bond acceptors (Lipinski definition) is 5. The first-order chi connectivity index (χ1) is 10.2. The molecule has 7 heteroatoms. The molecule has 0 aliphatic heterocycles. The summed E-state index contributed by atoms with van der Waals surface area (Å²) in [6.45, 7) is 3.65. The fraction of sp³-hybridized carbons (Fsp3) is 0.200. The van der Waals surface area contributed by atoms with Gasteiger partial charge in [0, 0.05) is 6.42 Å². The van der Waals surface area contributed by atoms with Crippen LogP contribution in [0.25, 0.3) is 0 Å². The molecule has 1 aromatic carbocycles. The molecule has 114 valence electrons. The molecule has 0 fully saturated rings. The third-order valence-corrected chi connectivity index (χ3v) is 5.39. The molecule has 0 amide bonds. The molecule has 0 atom stereocenters. The Morgan fingerprint density at radius 1 is 1.32 bits per heavy atom. The van der Waals surface area contributed by atoms with Crippen molar-refractivity contribution in [3.8, 4) is 6.07 Å². The monoisotopic (exact) mass is 334 g/mol. The van der Waals surface area contributed by atoms with Crippen LogP contribution >= 0.6 is 11.3 Å². The Hall–Kier alpha value is -2.01. The Morgan fingerprint density at radius 2 is 1.91 bits per heavy atom. The second kappa shape index (κ2) is 6.01. The summed E-state index contributed by atoms with van der Waals surface area (Å²) in [4.78, 5) is 12.4. The molecule has 0 aliphatic rings. The standard InChI is InChI=1S/C15H14N2O3S2/c1-9-5-11(8-16)6-10(2)12(9)7-13(18)15-14(3-4-21-15)22(17,19)20/h3-6H,7H2,1-2H3,(H2,17,19,20). The van der Waals surface area contributed by atoms with Gasteiger partial charge in [-0.15, -0.1) is 11.3 Å². The largest absolute Gasteiger partial charge is 0.293 e. The van der Waals surface area contributed by atoms with Crippen molar-refractivity contribution in [2.24, 2.45) is 5.14 Å². The van der Waals surface area contributed by atoms with Gasteiger partial charge in [0.25, 0.3) is 0 Å². The van der Waals surface area contributed by atoms with E-state index < -0.39 is 10.0 Å². The van der Waals surface area contributed by atoms with Crippen molar-refractivity contribution >= 4 is 27.1 Å². The van der Waals surface area contributed by atoms with Crippen LogP contribution in [0.2, 0.25) is 0 Å². The second-order valence-corrected chi connectivity index (χ2v) is 7.41. The highest BCUT2D eigenvalue weighted by atomic mass is 32.2. The van der Waals surface area contributed by atoms with Gasteiger partial charge < -0.3 is 0 Å². The van der Waals surface area contributed by atoms with E-state index in [9.17, 15) is 13.2 Å². The minimum Gasteiger partial charge on any atom is -0.293 e. The van der Waals surface area contributed by atoms with Gasteiger partial charge in [0.15, 0.2) is 5.78 Å². The number of carbonyl (C=O) groups is 1. The van der Waals surface area contributed by atoms with Crippen LogP contribution in [0.3, 0.4) is 0 Å². The number of ketones is 1. The number of nitrogens with zero attached hydrogens (tertiary/aromatic N) is 1. The molecule has 0 aliphatic carbocycles. The van der Waals surface area contributed by atoms with Gasteiger partial charge in [-0.3, -0.25) is 4.79 Å². The quantitative estimate of drug-likeness (QED) is 0.867. The average Bonchev–Trinajstić information content (AvgIpc) is 2.91. The van der Waals surface area contributed by atoms with Gasteiger partial charge in [0.1, 0.15) is 4.90 Å². The van der Waals surface area contributed by atoms with E-state index in [-0.39, 0.29) is 22.0 Å². The van der Waals surface area contributed by atoms with Crippen molar-refractivity contribution in [1.82, 2.24) is 0 Å². The van der Waals surface area contributed by atoms with Gasteiger partial charge in [-0.05, 0) is 54.1 Å². The SMILES string of the molecule is Cc1cc(C#N)cc(C)c1CC(=O)c1sccc1S(N)(=O)=O. The topological polar surface area (TPSA) is 101 Å². The van der Waals surface area contributed by atoms with Crippen molar-refractivity contribution in [1.29, 1.82) is 5.26 Å². The summed E-state index contributed by atoms with van der Waals surface area (Å²) in [5, 5.41) is 15.6. The molecule has 2 aromatic rings. The minimum absolute atomic E-state index is 0.0758. The van der Waals surface area contributed by atoms with E-state index in [1.165, 1.54) is 11.4 Å². The van der Waals surface area contributed by atoms with Crippen LogP contribution in [0.4, 0.5) is 0 Å². The number of nitrogens with two attached hydrogens (primary N) is 1. The summed E-state index contributed by atoms with van der Waals surface area (Å²) in [5.74, 6) is -0.296. The Morgan fingerprint density at radius 3 is 2.41 bits per heavy atom. The zero-order chi connectivity index (χ0) is 16.5. The Bertz CT molecular complexity index is 867. The predicted octanol–water partition coefficient (Wildman–Crippen LogP) is 2.31. The summed E-state index contributed by atoms with van der Waals surface area (Å²) in [6, 6.07) is 6.83. The minimum atomic E-state index is -3.91. The first-order valence-corrected chi connectivity index (χ1v) is 8.80. The number of carbonyl (C=O) groups excluding carboxylic acids is 1. The molecular weight excluding hydrogens is 320 g/mol. The van der Waals surface area contributed by atoms with Crippen LogP contribution < -0.4 is 5.14 Å². The summed E-state index contributed by atoms with van der Waals surface area (Å²) < 4.78 is 23.0. The molecule has 0 spiro atoms. The molecular formula is C15H14N2O3S2. The Labute approximate surface area is 133 Å². The predicted molar refractivity (Wildman–Crippen MR) is 84.4 cm³/mol. The van der Waals surface area contributed by atoms with Crippen LogP contribution in [0.1, 0.15) is 31.9 Å². The number of rotatable bonds is 4. The van der Waals surface area contributed by atoms with E-state index in [1.54, 1.807) is 12.1 Å². The molecule has 0 bridgehead atoms. The summed E-state index contributed by atoms with van der Waals surface area (Å²) in [7, 11) is -3.91. The third-order valence-electron chi connectivity index (χ3n) is 3.35. The van der Waals surface area contributed by atoms with E-state index >= 15 is 0 Å². The van der Waals surface area contributed by atoms with E-state index in [0.717, 1.165) is 28.0 Å². The van der Waals surface area contributed by atoms with Crippen molar-refractivity contribution in [3.63, 3.8) is 0 Å². The summed E-state index contributed by atoms with van der Waals surface area (Å²) in [6.07, 6.45) is 0.0758. The molecule has 0 unspecified atom stereocenters. The van der Waals surface area contributed by atoms with E-state index in [2.05, 4.69) is 6.07 Å². The molecule has 2 N–H and O–H groups in total. The van der Waals surface area contributed by atoms with Crippen LogP contribution in [-0.4, -0.2) is 14.2 Å². The number of sulfonamides is 1. The number of hydrogen-bond donors (Lipinski definition) is 1. The van der Waals surface area contributed by atoms with Crippen molar-refractivity contribution in [2.45, 2.75) is 25.2 Å². The Kier molecular flexibility index (Phi) is 4.47. The summed E-state index contributed by atoms with van der Waals surface area (Å²) >= 11 is 1.06. The van der Waals surface area contributed by atoms with Gasteiger partial charge in [0.2, 0.25) is 10.0 Å². The molecule has 2 rings (SSSR count). The highest BCUT2D eigenvalue weighted by Crippen LogP contribution is 2.25. The highest BCUT2D eigenvalue weighted by molar-refractivity contribution is 7.89. The normalized spacial score (nSPS) is 11.2. The molecule has 0 radical (unpaired) electrons. The van der Waals surface area contributed by atoms with Gasteiger partial charge in [-0.25, -0.2) is 13.6 Å². The van der Waals surface area contributed by atoms with E-state index in [1.807, 2.05) is 13.8 Å². The lowest BCUT2D eigenvalue weighted by atomic mass is 9.95. The number of Topliss-reactive ketones (excluding diaryl/α,β-unsaturated/α-hetero) is 1. The fourth-order valence-corrected chi connectivity index (χ4v) is 4.24. The first kappa shape index (κ1) is 16.4.